The molecule has 172 valence electrons. The van der Waals surface area contributed by atoms with Crippen LogP contribution >= 0.6 is 0 Å². The van der Waals surface area contributed by atoms with Gasteiger partial charge in [-0.15, -0.1) is 0 Å². The highest BCUT2D eigenvalue weighted by molar-refractivity contribution is 5.91. The third-order valence-corrected chi connectivity index (χ3v) is 5.59. The second kappa shape index (κ2) is 12.1. The average Bonchev–Trinajstić information content (AvgIpc) is 2.79. The van der Waals surface area contributed by atoms with Gasteiger partial charge in [-0.05, 0) is 75.1 Å². The van der Waals surface area contributed by atoms with Crippen LogP contribution in [0.3, 0.4) is 0 Å². The van der Waals surface area contributed by atoms with Gasteiger partial charge in [-0.3, -0.25) is 4.79 Å². The summed E-state index contributed by atoms with van der Waals surface area (Å²) >= 11 is 0. The molecule has 0 atom stereocenters. The molecule has 0 saturated carbocycles. The molecule has 0 radical (unpaired) electrons. The molecule has 3 amide bonds. The Labute approximate surface area is 190 Å². The summed E-state index contributed by atoms with van der Waals surface area (Å²) in [7, 11) is 1.60. The lowest BCUT2D eigenvalue weighted by Gasteiger charge is -2.26. The summed E-state index contributed by atoms with van der Waals surface area (Å²) in [6.45, 7) is 5.68. The van der Waals surface area contributed by atoms with E-state index in [1.165, 1.54) is 39.3 Å². The zero-order chi connectivity index (χ0) is 22.8. The standard InChI is InChI=1S/C25H34N4O3/c1-19(30)27-21-10-8-9-20(17-21)23-12-11-22(18-24(23)32-2)28-25(31)26-13-4-7-16-29-14-5-3-6-15-29/h8-12,17-18H,3-7,13-16H2,1-2H3,(H,27,30)(H2,26,28,31). The van der Waals surface area contributed by atoms with E-state index < -0.39 is 0 Å². The predicted molar refractivity (Wildman–Crippen MR) is 129 cm³/mol. The number of likely N-dealkylation sites (tertiary alicyclic amines) is 1. The topological polar surface area (TPSA) is 82.7 Å². The van der Waals surface area contributed by atoms with Gasteiger partial charge in [-0.1, -0.05) is 18.6 Å². The van der Waals surface area contributed by atoms with Crippen LogP contribution in [0.5, 0.6) is 5.75 Å². The van der Waals surface area contributed by atoms with Crippen LogP contribution in [0.25, 0.3) is 11.1 Å². The molecule has 1 fully saturated rings. The molecule has 3 N–H and O–H groups in total. The van der Waals surface area contributed by atoms with Gasteiger partial charge in [-0.25, -0.2) is 4.79 Å². The number of methoxy groups -OCH3 is 1. The number of carbonyl (C=O) groups is 2. The highest BCUT2D eigenvalue weighted by Gasteiger charge is 2.11. The Morgan fingerprint density at radius 3 is 2.50 bits per heavy atom. The summed E-state index contributed by atoms with van der Waals surface area (Å²) < 4.78 is 5.55. The van der Waals surface area contributed by atoms with Crippen LogP contribution in [0.1, 0.15) is 39.0 Å². The second-order valence-electron chi connectivity index (χ2n) is 8.17. The molecule has 1 aliphatic heterocycles. The number of hydrogen-bond acceptors (Lipinski definition) is 4. The van der Waals surface area contributed by atoms with E-state index in [2.05, 4.69) is 20.9 Å². The number of rotatable bonds is 9. The third-order valence-electron chi connectivity index (χ3n) is 5.59. The molecule has 7 nitrogen and oxygen atoms in total. The second-order valence-corrected chi connectivity index (χ2v) is 8.17. The average molecular weight is 439 g/mol. The Hall–Kier alpha value is -3.06. The lowest BCUT2D eigenvalue weighted by atomic mass is 10.0. The van der Waals surface area contributed by atoms with Crippen LogP contribution < -0.4 is 20.7 Å². The van der Waals surface area contributed by atoms with Crippen LogP contribution in [-0.2, 0) is 4.79 Å². The van der Waals surface area contributed by atoms with E-state index in [-0.39, 0.29) is 11.9 Å². The molecular weight excluding hydrogens is 404 g/mol. The first kappa shape index (κ1) is 23.6. The van der Waals surface area contributed by atoms with Gasteiger partial charge in [0.15, 0.2) is 0 Å². The van der Waals surface area contributed by atoms with Crippen LogP contribution in [0.2, 0.25) is 0 Å². The number of benzene rings is 2. The Balaban J connectivity index is 1.50. The molecule has 0 aliphatic carbocycles. The highest BCUT2D eigenvalue weighted by atomic mass is 16.5. The minimum atomic E-state index is -0.217. The quantitative estimate of drug-likeness (QED) is 0.495. The van der Waals surface area contributed by atoms with Crippen molar-refractivity contribution >= 4 is 23.3 Å². The van der Waals surface area contributed by atoms with Gasteiger partial charge in [0.1, 0.15) is 5.75 Å². The van der Waals surface area contributed by atoms with Crippen molar-refractivity contribution in [1.29, 1.82) is 0 Å². The fourth-order valence-electron chi connectivity index (χ4n) is 4.00. The molecule has 0 unspecified atom stereocenters. The first-order chi connectivity index (χ1) is 15.5. The van der Waals surface area contributed by atoms with Crippen molar-refractivity contribution in [2.24, 2.45) is 0 Å². The minimum absolute atomic E-state index is 0.119. The van der Waals surface area contributed by atoms with Crippen molar-refractivity contribution in [2.45, 2.75) is 39.0 Å². The highest BCUT2D eigenvalue weighted by Crippen LogP contribution is 2.33. The molecule has 7 heteroatoms. The maximum absolute atomic E-state index is 12.3. The largest absolute Gasteiger partial charge is 0.496 e. The van der Waals surface area contributed by atoms with E-state index in [0.29, 0.717) is 18.0 Å². The summed E-state index contributed by atoms with van der Waals surface area (Å²) in [5.74, 6) is 0.524. The van der Waals surface area contributed by atoms with E-state index in [1.807, 2.05) is 36.4 Å². The Morgan fingerprint density at radius 2 is 1.75 bits per heavy atom. The van der Waals surface area contributed by atoms with Crippen molar-refractivity contribution < 1.29 is 14.3 Å². The SMILES string of the molecule is COc1cc(NC(=O)NCCCCN2CCCCC2)ccc1-c1cccc(NC(C)=O)c1. The van der Waals surface area contributed by atoms with Crippen LogP contribution in [0.4, 0.5) is 16.2 Å². The Kier molecular flexibility index (Phi) is 8.92. The summed E-state index contributed by atoms with van der Waals surface area (Å²) in [6.07, 6.45) is 6.04. The van der Waals surface area contributed by atoms with Crippen molar-refractivity contribution in [3.63, 3.8) is 0 Å². The monoisotopic (exact) mass is 438 g/mol. The van der Waals surface area contributed by atoms with Gasteiger partial charge in [-0.2, -0.15) is 0 Å². The maximum Gasteiger partial charge on any atom is 0.319 e. The minimum Gasteiger partial charge on any atom is -0.496 e. The number of nitrogens with one attached hydrogen (secondary N) is 3. The van der Waals surface area contributed by atoms with E-state index in [0.717, 1.165) is 36.2 Å². The summed E-state index contributed by atoms with van der Waals surface area (Å²) in [5.41, 5.74) is 3.18. The van der Waals surface area contributed by atoms with Crippen LogP contribution in [-0.4, -0.2) is 50.1 Å². The first-order valence-corrected chi connectivity index (χ1v) is 11.4. The number of piperidine rings is 1. The predicted octanol–water partition coefficient (Wildman–Crippen LogP) is 4.71. The molecule has 1 aliphatic rings. The number of nitrogens with zero attached hydrogens (tertiary/aromatic N) is 1. The lowest BCUT2D eigenvalue weighted by molar-refractivity contribution is -0.114. The molecule has 0 aromatic heterocycles. The van der Waals surface area contributed by atoms with Gasteiger partial charge < -0.3 is 25.6 Å². The normalized spacial score (nSPS) is 13.9. The molecule has 1 saturated heterocycles. The Morgan fingerprint density at radius 1 is 0.969 bits per heavy atom. The van der Waals surface area contributed by atoms with Gasteiger partial charge in [0.05, 0.1) is 7.11 Å². The van der Waals surface area contributed by atoms with Gasteiger partial charge >= 0.3 is 6.03 Å². The van der Waals surface area contributed by atoms with Crippen molar-refractivity contribution in [3.05, 3.63) is 42.5 Å². The molecular formula is C25H34N4O3. The van der Waals surface area contributed by atoms with Crippen LogP contribution in [0, 0.1) is 0 Å². The fourth-order valence-corrected chi connectivity index (χ4v) is 4.00. The number of amides is 3. The molecule has 1 heterocycles. The first-order valence-electron chi connectivity index (χ1n) is 11.4. The number of carbonyl (C=O) groups excluding carboxylic acids is 2. The molecule has 3 rings (SSSR count). The lowest BCUT2D eigenvalue weighted by Crippen LogP contribution is -2.32. The van der Waals surface area contributed by atoms with Crippen molar-refractivity contribution in [3.8, 4) is 16.9 Å². The number of anilines is 2. The molecule has 2 aromatic rings. The maximum atomic E-state index is 12.3. The van der Waals surface area contributed by atoms with E-state index in [9.17, 15) is 9.59 Å². The molecule has 2 aromatic carbocycles. The third kappa shape index (κ3) is 7.27. The summed E-state index contributed by atoms with van der Waals surface area (Å²) in [6, 6.07) is 12.9. The smallest absolute Gasteiger partial charge is 0.319 e. The molecule has 0 spiro atoms. The number of ether oxygens (including phenoxy) is 1. The molecule has 32 heavy (non-hydrogen) atoms. The zero-order valence-electron chi connectivity index (χ0n) is 19.1. The van der Waals surface area contributed by atoms with Crippen molar-refractivity contribution in [2.75, 3.05) is 43.9 Å². The summed E-state index contributed by atoms with van der Waals surface area (Å²) in [5, 5.41) is 8.59. The van der Waals surface area contributed by atoms with E-state index in [4.69, 9.17) is 4.74 Å². The summed E-state index contributed by atoms with van der Waals surface area (Å²) in [4.78, 5) is 26.1. The van der Waals surface area contributed by atoms with E-state index in [1.54, 1.807) is 13.2 Å². The number of unbranched alkanes of at least 4 members (excludes halogenated alkanes) is 1. The zero-order valence-corrected chi connectivity index (χ0v) is 19.1. The van der Waals surface area contributed by atoms with Gasteiger partial charge in [0, 0.05) is 36.5 Å². The van der Waals surface area contributed by atoms with Crippen LogP contribution in [0.15, 0.2) is 42.5 Å². The number of hydrogen-bond donors (Lipinski definition) is 3. The molecule has 0 bridgehead atoms. The van der Waals surface area contributed by atoms with Crippen molar-refractivity contribution in [1.82, 2.24) is 10.2 Å². The van der Waals surface area contributed by atoms with Gasteiger partial charge in [0.2, 0.25) is 5.91 Å². The van der Waals surface area contributed by atoms with Gasteiger partial charge in [0.25, 0.3) is 0 Å². The fraction of sp³-hybridized carbons (Fsp3) is 0.440. The van der Waals surface area contributed by atoms with E-state index >= 15 is 0 Å². The Bertz CT molecular complexity index is 910. The number of urea groups is 1.